The summed E-state index contributed by atoms with van der Waals surface area (Å²) in [6.45, 7) is 4.02. The first-order valence-corrected chi connectivity index (χ1v) is 7.83. The van der Waals surface area contributed by atoms with Gasteiger partial charge in [-0.3, -0.25) is 14.4 Å². The van der Waals surface area contributed by atoms with Crippen molar-refractivity contribution < 1.29 is 14.4 Å². The van der Waals surface area contributed by atoms with Crippen molar-refractivity contribution in [3.8, 4) is 0 Å². The monoisotopic (exact) mass is 283 g/mol. The van der Waals surface area contributed by atoms with E-state index in [9.17, 15) is 14.4 Å². The minimum absolute atomic E-state index is 0.0733. The zero-order chi connectivity index (χ0) is 15.4. The maximum absolute atomic E-state index is 12.0. The maximum atomic E-state index is 12.0. The van der Waals surface area contributed by atoms with Crippen LogP contribution in [0.3, 0.4) is 0 Å². The number of hydrogen-bond donors (Lipinski definition) is 1. The second kappa shape index (κ2) is 11.6. The summed E-state index contributed by atoms with van der Waals surface area (Å²) in [4.78, 5) is 34.0. The number of hydrogen-bond acceptors (Lipinski definition) is 3. The van der Waals surface area contributed by atoms with Gasteiger partial charge in [0.25, 0.3) is 0 Å². The number of nitrogens with two attached hydrogens (primary N) is 1. The molecule has 0 aliphatic rings. The van der Waals surface area contributed by atoms with Crippen molar-refractivity contribution >= 4 is 17.5 Å². The molecule has 0 saturated heterocycles. The lowest BCUT2D eigenvalue weighted by Gasteiger charge is -2.13. The normalized spacial score (nSPS) is 12.1. The van der Waals surface area contributed by atoms with Crippen LogP contribution in [0.4, 0.5) is 0 Å². The van der Waals surface area contributed by atoms with E-state index >= 15 is 0 Å². The fourth-order valence-electron chi connectivity index (χ4n) is 2.35. The lowest BCUT2D eigenvalue weighted by molar-refractivity contribution is -0.123. The fourth-order valence-corrected chi connectivity index (χ4v) is 2.35. The molecule has 0 saturated carbocycles. The van der Waals surface area contributed by atoms with Gasteiger partial charge >= 0.3 is 0 Å². The number of amides is 1. The predicted octanol–water partition coefficient (Wildman–Crippen LogP) is 3.17. The maximum Gasteiger partial charge on any atom is 0.217 e. The average Bonchev–Trinajstić information content (AvgIpc) is 2.38. The van der Waals surface area contributed by atoms with Gasteiger partial charge in [-0.25, -0.2) is 0 Å². The highest BCUT2D eigenvalue weighted by Crippen LogP contribution is 2.18. The molecule has 0 aromatic rings. The largest absolute Gasteiger partial charge is 0.370 e. The average molecular weight is 283 g/mol. The van der Waals surface area contributed by atoms with Crippen LogP contribution in [0.5, 0.6) is 0 Å². The number of carbonyl (C=O) groups is 3. The zero-order valence-electron chi connectivity index (χ0n) is 13.0. The Morgan fingerprint density at radius 2 is 1.60 bits per heavy atom. The summed E-state index contributed by atoms with van der Waals surface area (Å²) in [5, 5.41) is 0. The number of unbranched alkanes of at least 4 members (excludes halogenated alkanes) is 1. The Morgan fingerprint density at radius 3 is 2.15 bits per heavy atom. The first kappa shape index (κ1) is 18.8. The smallest absolute Gasteiger partial charge is 0.217 e. The molecule has 116 valence electrons. The second-order valence-corrected chi connectivity index (χ2v) is 5.43. The first-order chi connectivity index (χ1) is 9.51. The van der Waals surface area contributed by atoms with Crippen LogP contribution >= 0.6 is 0 Å². The molecule has 0 bridgehead atoms. The van der Waals surface area contributed by atoms with E-state index < -0.39 is 0 Å². The molecule has 1 atom stereocenters. The summed E-state index contributed by atoms with van der Waals surface area (Å²) >= 11 is 0. The summed E-state index contributed by atoms with van der Waals surface area (Å²) < 4.78 is 0. The molecule has 0 rings (SSSR count). The van der Waals surface area contributed by atoms with Crippen LogP contribution in [0.1, 0.15) is 78.1 Å². The van der Waals surface area contributed by atoms with E-state index in [4.69, 9.17) is 5.73 Å². The highest BCUT2D eigenvalue weighted by atomic mass is 16.1. The van der Waals surface area contributed by atoms with E-state index in [1.165, 1.54) is 0 Å². The Kier molecular flexibility index (Phi) is 10.9. The summed E-state index contributed by atoms with van der Waals surface area (Å²) in [5.74, 6) is 0.284. The standard InChI is InChI=1S/C16H29NO3/c1-3-8-14(18)10-6-5-9-13(4-2)15(19)11-7-12-16(17)20/h13H,3-12H2,1-2H3,(H2,17,20)/t13-/m1/s1. The first-order valence-electron chi connectivity index (χ1n) is 7.83. The Morgan fingerprint density at radius 1 is 0.900 bits per heavy atom. The van der Waals surface area contributed by atoms with E-state index in [1.807, 2.05) is 13.8 Å². The summed E-state index contributed by atoms with van der Waals surface area (Å²) in [5.41, 5.74) is 5.06. The molecule has 0 aromatic carbocycles. The predicted molar refractivity (Wildman–Crippen MR) is 80.2 cm³/mol. The third kappa shape index (κ3) is 9.70. The van der Waals surface area contributed by atoms with Crippen LogP contribution in [0.15, 0.2) is 0 Å². The molecule has 20 heavy (non-hydrogen) atoms. The second-order valence-electron chi connectivity index (χ2n) is 5.43. The number of ketones is 2. The summed E-state index contributed by atoms with van der Waals surface area (Å²) in [7, 11) is 0. The zero-order valence-corrected chi connectivity index (χ0v) is 13.0. The van der Waals surface area contributed by atoms with E-state index in [-0.39, 0.29) is 24.0 Å². The Labute approximate surface area is 122 Å². The van der Waals surface area contributed by atoms with Crippen molar-refractivity contribution in [3.63, 3.8) is 0 Å². The molecule has 0 aliphatic carbocycles. The minimum atomic E-state index is -0.347. The number of primary amides is 1. The molecule has 0 radical (unpaired) electrons. The van der Waals surface area contributed by atoms with Gasteiger partial charge in [-0.1, -0.05) is 20.3 Å². The van der Waals surface area contributed by atoms with Crippen molar-refractivity contribution in [1.82, 2.24) is 0 Å². The minimum Gasteiger partial charge on any atom is -0.370 e. The van der Waals surface area contributed by atoms with Crippen LogP contribution in [0, 0.1) is 5.92 Å². The van der Waals surface area contributed by atoms with E-state index in [2.05, 4.69) is 0 Å². The molecule has 0 aliphatic heterocycles. The SMILES string of the molecule is CCCC(=O)CCCC[C@@H](CC)C(=O)CCCC(N)=O. The lowest BCUT2D eigenvalue weighted by atomic mass is 9.91. The van der Waals surface area contributed by atoms with Gasteiger partial charge in [-0.15, -0.1) is 0 Å². The van der Waals surface area contributed by atoms with Gasteiger partial charge in [0.1, 0.15) is 11.6 Å². The number of rotatable bonds is 13. The van der Waals surface area contributed by atoms with Crippen molar-refractivity contribution in [3.05, 3.63) is 0 Å². The number of Topliss-reactive ketones (excluding diaryl/α,β-unsaturated/α-hetero) is 2. The van der Waals surface area contributed by atoms with Crippen molar-refractivity contribution in [2.45, 2.75) is 78.1 Å². The highest BCUT2D eigenvalue weighted by Gasteiger charge is 2.16. The van der Waals surface area contributed by atoms with Crippen LogP contribution in [0.25, 0.3) is 0 Å². The summed E-state index contributed by atoms with van der Waals surface area (Å²) in [6.07, 6.45) is 6.99. The molecule has 0 fully saturated rings. The Balaban J connectivity index is 3.82. The van der Waals surface area contributed by atoms with Crippen LogP contribution in [-0.2, 0) is 14.4 Å². The molecule has 4 nitrogen and oxygen atoms in total. The molecule has 4 heteroatoms. The van der Waals surface area contributed by atoms with Crippen LogP contribution in [-0.4, -0.2) is 17.5 Å². The Bertz CT molecular complexity index is 313. The molecule has 0 unspecified atom stereocenters. The van der Waals surface area contributed by atoms with Gasteiger partial charge in [0, 0.05) is 31.6 Å². The van der Waals surface area contributed by atoms with Gasteiger partial charge < -0.3 is 5.73 Å². The summed E-state index contributed by atoms with van der Waals surface area (Å²) in [6, 6.07) is 0. The molecule has 2 N–H and O–H groups in total. The molecule has 0 aromatic heterocycles. The number of carbonyl (C=O) groups excluding carboxylic acids is 3. The van der Waals surface area contributed by atoms with E-state index in [0.29, 0.717) is 31.5 Å². The van der Waals surface area contributed by atoms with Crippen molar-refractivity contribution in [1.29, 1.82) is 0 Å². The van der Waals surface area contributed by atoms with E-state index in [1.54, 1.807) is 0 Å². The molecular weight excluding hydrogens is 254 g/mol. The topological polar surface area (TPSA) is 77.2 Å². The fraction of sp³-hybridized carbons (Fsp3) is 0.812. The van der Waals surface area contributed by atoms with Gasteiger partial charge in [-0.2, -0.15) is 0 Å². The van der Waals surface area contributed by atoms with Gasteiger partial charge in [-0.05, 0) is 32.1 Å². The van der Waals surface area contributed by atoms with Gasteiger partial charge in [0.05, 0.1) is 0 Å². The molecule has 1 amide bonds. The molecule has 0 spiro atoms. The molecular formula is C16H29NO3. The van der Waals surface area contributed by atoms with Crippen LogP contribution in [0.2, 0.25) is 0 Å². The molecule has 0 heterocycles. The van der Waals surface area contributed by atoms with Gasteiger partial charge in [0.15, 0.2) is 0 Å². The highest BCUT2D eigenvalue weighted by molar-refractivity contribution is 5.82. The lowest BCUT2D eigenvalue weighted by Crippen LogP contribution is -2.16. The van der Waals surface area contributed by atoms with Gasteiger partial charge in [0.2, 0.25) is 5.91 Å². The van der Waals surface area contributed by atoms with Crippen LogP contribution < -0.4 is 5.73 Å². The van der Waals surface area contributed by atoms with Crippen molar-refractivity contribution in [2.24, 2.45) is 11.7 Å². The van der Waals surface area contributed by atoms with Crippen molar-refractivity contribution in [2.75, 3.05) is 0 Å². The quantitative estimate of drug-likeness (QED) is 0.527. The Hall–Kier alpha value is -1.19. The third-order valence-corrected chi connectivity index (χ3v) is 3.58. The van der Waals surface area contributed by atoms with E-state index in [0.717, 1.165) is 32.1 Å². The third-order valence-electron chi connectivity index (χ3n) is 3.58.